The Morgan fingerprint density at radius 3 is 2.63 bits per heavy atom. The highest BCUT2D eigenvalue weighted by atomic mass is 16.2. The first kappa shape index (κ1) is 26.3. The molecule has 41 heavy (non-hydrogen) atoms. The smallest absolute Gasteiger partial charge is 0.223 e. The molecule has 5 rings (SSSR count). The molecule has 0 radical (unpaired) electrons. The molecule has 0 aliphatic heterocycles. The van der Waals surface area contributed by atoms with Crippen molar-refractivity contribution in [2.24, 2.45) is 5.41 Å². The number of rotatable bonds is 8. The van der Waals surface area contributed by atoms with Crippen molar-refractivity contribution in [1.82, 2.24) is 20.0 Å². The lowest BCUT2D eigenvalue weighted by Crippen LogP contribution is -2.23. The lowest BCUT2D eigenvalue weighted by molar-refractivity contribution is -0.116. The zero-order chi connectivity index (χ0) is 30.2. The van der Waals surface area contributed by atoms with Gasteiger partial charge in [0.05, 0.1) is 42.0 Å². The second-order valence-corrected chi connectivity index (χ2v) is 11.5. The van der Waals surface area contributed by atoms with Gasteiger partial charge in [-0.2, -0.15) is 10.5 Å². The van der Waals surface area contributed by atoms with Crippen LogP contribution >= 0.6 is 0 Å². The van der Waals surface area contributed by atoms with Crippen molar-refractivity contribution in [2.75, 3.05) is 29.1 Å². The Hall–Kier alpha value is -4.96. The molecule has 4 aromatic rings. The molecule has 1 saturated carbocycles. The first-order valence-electron chi connectivity index (χ1n) is 14.0. The molecule has 1 amide bonds. The molecule has 1 aliphatic rings. The van der Waals surface area contributed by atoms with Crippen LogP contribution in [0.5, 0.6) is 0 Å². The summed E-state index contributed by atoms with van der Waals surface area (Å²) in [5.41, 5.74) is 3.62. The van der Waals surface area contributed by atoms with Gasteiger partial charge < -0.3 is 15.5 Å². The van der Waals surface area contributed by atoms with E-state index in [2.05, 4.69) is 58.8 Å². The van der Waals surface area contributed by atoms with Crippen LogP contribution in [0.1, 0.15) is 76.4 Å². The number of amides is 1. The van der Waals surface area contributed by atoms with Crippen molar-refractivity contribution in [3.8, 4) is 12.1 Å². The number of carbonyl (C=O) groups excluding carboxylic acids is 1. The molecule has 2 aromatic heterocycles. The number of hydrogen-bond donors (Lipinski definition) is 2. The normalized spacial score (nSPS) is 14.9. The summed E-state index contributed by atoms with van der Waals surface area (Å²) >= 11 is 0. The third-order valence-electron chi connectivity index (χ3n) is 6.96. The number of nitrogens with zero attached hydrogens (tertiary/aromatic N) is 7. The summed E-state index contributed by atoms with van der Waals surface area (Å²) in [4.78, 5) is 18.1. The number of fused-ring (bicyclic) bond motifs is 1. The molecule has 2 N–H and O–H groups in total. The van der Waals surface area contributed by atoms with Crippen LogP contribution in [0.3, 0.4) is 0 Å². The van der Waals surface area contributed by atoms with E-state index >= 15 is 0 Å². The summed E-state index contributed by atoms with van der Waals surface area (Å²) in [6, 6.07) is 13.7. The molecule has 0 bridgehead atoms. The second-order valence-electron chi connectivity index (χ2n) is 11.5. The molecule has 1 fully saturated rings. The lowest BCUT2D eigenvalue weighted by Gasteiger charge is -2.23. The quantitative estimate of drug-likeness (QED) is 0.293. The van der Waals surface area contributed by atoms with E-state index in [-0.39, 0.29) is 17.4 Å². The van der Waals surface area contributed by atoms with Crippen molar-refractivity contribution in [2.45, 2.75) is 52.6 Å². The molecule has 1 aliphatic carbocycles. The molecule has 10 nitrogen and oxygen atoms in total. The summed E-state index contributed by atoms with van der Waals surface area (Å²) in [5.74, 6) is -0.139. The maximum absolute atomic E-state index is 12.1. The van der Waals surface area contributed by atoms with E-state index in [1.54, 1.807) is 54.3 Å². The average Bonchev–Trinajstić information content (AvgIpc) is 3.69. The van der Waals surface area contributed by atoms with Gasteiger partial charge in [0.25, 0.3) is 0 Å². The van der Waals surface area contributed by atoms with Crippen LogP contribution in [-0.4, -0.2) is 39.5 Å². The Morgan fingerprint density at radius 2 is 1.98 bits per heavy atom. The number of carbonyl (C=O) groups is 1. The zero-order valence-corrected chi connectivity index (χ0v) is 23.9. The molecule has 2 heterocycles. The highest BCUT2D eigenvalue weighted by molar-refractivity contribution is 5.99. The van der Waals surface area contributed by atoms with Crippen LogP contribution in [-0.2, 0) is 4.79 Å². The summed E-state index contributed by atoms with van der Waals surface area (Å²) in [6.07, 6.45) is 5.27. The van der Waals surface area contributed by atoms with Gasteiger partial charge in [0.15, 0.2) is 0 Å². The van der Waals surface area contributed by atoms with Crippen LogP contribution in [0.15, 0.2) is 48.8 Å². The average molecular weight is 549 g/mol. The summed E-state index contributed by atoms with van der Waals surface area (Å²) < 4.78 is 11.6. The fraction of sp³-hybridized carbons (Fsp3) is 0.355. The van der Waals surface area contributed by atoms with Crippen LogP contribution in [0.2, 0.25) is 0 Å². The number of benzene rings is 2. The van der Waals surface area contributed by atoms with Crippen molar-refractivity contribution < 1.29 is 6.17 Å². The first-order valence-corrected chi connectivity index (χ1v) is 13.5. The predicted octanol–water partition coefficient (Wildman–Crippen LogP) is 5.55. The molecular formula is C31H33N9O. The zero-order valence-electron chi connectivity index (χ0n) is 24.9. The molecule has 0 saturated heterocycles. The van der Waals surface area contributed by atoms with Crippen LogP contribution in [0, 0.1) is 28.1 Å². The Balaban J connectivity index is 1.67. The van der Waals surface area contributed by atoms with Crippen LogP contribution in [0.25, 0.3) is 10.9 Å². The second kappa shape index (κ2) is 10.9. The fourth-order valence-corrected chi connectivity index (χ4v) is 4.48. The Kier molecular flexibility index (Phi) is 6.98. The highest BCUT2D eigenvalue weighted by Crippen LogP contribution is 2.37. The minimum absolute atomic E-state index is 0.0714. The summed E-state index contributed by atoms with van der Waals surface area (Å²) in [6.45, 7) is 8.33. The topological polar surface area (TPSA) is 136 Å². The number of nitriles is 2. The maximum atomic E-state index is 12.1. The van der Waals surface area contributed by atoms with Gasteiger partial charge >= 0.3 is 0 Å². The van der Waals surface area contributed by atoms with E-state index in [9.17, 15) is 16.7 Å². The molecule has 208 valence electrons. The molecule has 10 heteroatoms. The molecule has 0 spiro atoms. The molecule has 1 atom stereocenters. The molecule has 1 unspecified atom stereocenters. The molecule has 2 aromatic carbocycles. The number of pyridine rings is 1. The summed E-state index contributed by atoms with van der Waals surface area (Å²) in [7, 11) is 1.68. The van der Waals surface area contributed by atoms with E-state index in [1.165, 1.54) is 18.0 Å². The SMILES string of the molecule is [2H]C(Nc1cc(C#N)c2ncc(C#N)c(NCC(C)(C)C)c2c1)(c1cccc(N(C)C(C)=O)c1)c1cn(C2CC2)nn1. The first-order chi connectivity index (χ1) is 19.9. The summed E-state index contributed by atoms with van der Waals surface area (Å²) in [5, 5.41) is 35.9. The Morgan fingerprint density at radius 1 is 1.22 bits per heavy atom. The third kappa shape index (κ3) is 5.97. The Bertz CT molecular complexity index is 1760. The van der Waals surface area contributed by atoms with E-state index < -0.39 is 6.02 Å². The lowest BCUT2D eigenvalue weighted by atomic mass is 9.96. The van der Waals surface area contributed by atoms with Gasteiger partial charge in [-0.3, -0.25) is 9.78 Å². The van der Waals surface area contributed by atoms with E-state index in [1.807, 2.05) is 0 Å². The number of nitrogens with one attached hydrogen (secondary N) is 2. The highest BCUT2D eigenvalue weighted by Gasteiger charge is 2.27. The van der Waals surface area contributed by atoms with Crippen LogP contribution in [0.4, 0.5) is 17.1 Å². The van der Waals surface area contributed by atoms with E-state index in [0.717, 1.165) is 12.8 Å². The van der Waals surface area contributed by atoms with Gasteiger partial charge in [-0.25, -0.2) is 4.68 Å². The van der Waals surface area contributed by atoms with Gasteiger partial charge in [0.2, 0.25) is 5.91 Å². The van der Waals surface area contributed by atoms with Gasteiger partial charge in [0.1, 0.15) is 17.8 Å². The van der Waals surface area contributed by atoms with Gasteiger partial charge in [0, 0.05) is 43.5 Å². The number of hydrogen-bond acceptors (Lipinski definition) is 8. The van der Waals surface area contributed by atoms with Crippen molar-refractivity contribution >= 4 is 33.9 Å². The van der Waals surface area contributed by atoms with Gasteiger partial charge in [-0.1, -0.05) is 38.1 Å². The fourth-order valence-electron chi connectivity index (χ4n) is 4.48. The third-order valence-corrected chi connectivity index (χ3v) is 6.96. The molecular weight excluding hydrogens is 514 g/mol. The maximum Gasteiger partial charge on any atom is 0.223 e. The van der Waals surface area contributed by atoms with E-state index in [0.29, 0.717) is 56.9 Å². The Labute approximate surface area is 241 Å². The largest absolute Gasteiger partial charge is 0.383 e. The minimum Gasteiger partial charge on any atom is -0.383 e. The van der Waals surface area contributed by atoms with E-state index in [4.69, 9.17) is 0 Å². The monoisotopic (exact) mass is 548 g/mol. The van der Waals surface area contributed by atoms with Crippen molar-refractivity contribution in [3.05, 3.63) is 71.2 Å². The predicted molar refractivity (Wildman–Crippen MR) is 158 cm³/mol. The standard InChI is InChI=1S/C31H33N9O/c1-19(41)39(5)25-8-6-7-20(12-25)30(27-17-40(38-37-27)24-9-10-24)36-23-11-21(14-32)28-26(13-23)29(22(15-33)16-34-28)35-18-31(2,3)4/h6-8,11-13,16-17,24,30,36H,9-10,18H2,1-5H3,(H,34,35)/i30D. The van der Waals surface area contributed by atoms with Crippen molar-refractivity contribution in [1.29, 1.82) is 10.5 Å². The van der Waals surface area contributed by atoms with Gasteiger partial charge in [-0.05, 0) is 48.1 Å². The number of anilines is 3. The van der Waals surface area contributed by atoms with Gasteiger partial charge in [-0.15, -0.1) is 5.10 Å². The van der Waals surface area contributed by atoms with Crippen molar-refractivity contribution in [3.63, 3.8) is 0 Å². The minimum atomic E-state index is -1.64. The van der Waals surface area contributed by atoms with Crippen LogP contribution < -0.4 is 15.5 Å². The number of aromatic nitrogens is 4.